The van der Waals surface area contributed by atoms with E-state index in [1.807, 2.05) is 0 Å². The molecule has 3 aliphatic rings. The molecule has 0 heteroatoms. The minimum atomic E-state index is 0.494. The molecule has 2 aromatic carbocycles. The fourth-order valence-corrected chi connectivity index (χ4v) is 5.66. The van der Waals surface area contributed by atoms with E-state index in [1.54, 1.807) is 16.7 Å². The number of hydrogen-bond acceptors (Lipinski definition) is 0. The van der Waals surface area contributed by atoms with Gasteiger partial charge in [-0.15, -0.1) is 0 Å². The van der Waals surface area contributed by atoms with Gasteiger partial charge in [0.15, 0.2) is 0 Å². The molecule has 0 aliphatic heterocycles. The van der Waals surface area contributed by atoms with Crippen molar-refractivity contribution in [2.75, 3.05) is 0 Å². The fourth-order valence-electron chi connectivity index (χ4n) is 5.66. The van der Waals surface area contributed by atoms with Crippen molar-refractivity contribution in [1.82, 2.24) is 0 Å². The summed E-state index contributed by atoms with van der Waals surface area (Å²) in [4.78, 5) is 0. The van der Waals surface area contributed by atoms with E-state index < -0.39 is 0 Å². The molecule has 0 aromatic heterocycles. The molecular formula is C22H24. The molecule has 112 valence electrons. The normalized spacial score (nSPS) is 29.1. The molecular weight excluding hydrogens is 264 g/mol. The van der Waals surface area contributed by atoms with Crippen LogP contribution in [0.1, 0.15) is 55.7 Å². The summed E-state index contributed by atoms with van der Waals surface area (Å²) < 4.78 is 0. The molecule has 1 spiro atoms. The first-order valence-corrected chi connectivity index (χ1v) is 9.03. The number of fused-ring (bicyclic) bond motifs is 6. The summed E-state index contributed by atoms with van der Waals surface area (Å²) in [6, 6.07) is 12.0. The summed E-state index contributed by atoms with van der Waals surface area (Å²) in [5.74, 6) is 0.897. The number of hydrogen-bond donors (Lipinski definition) is 0. The van der Waals surface area contributed by atoms with Crippen molar-refractivity contribution in [3.05, 3.63) is 58.7 Å². The SMILES string of the molecule is CCc1cccc2cc3c(cc12)CCCC31CC2=CCC1C2. The maximum Gasteiger partial charge on any atom is 0.00274 e. The van der Waals surface area contributed by atoms with Crippen molar-refractivity contribution >= 4 is 10.8 Å². The highest BCUT2D eigenvalue weighted by Crippen LogP contribution is 2.59. The molecule has 2 atom stereocenters. The molecule has 0 saturated heterocycles. The number of allylic oxidation sites excluding steroid dienone is 2. The molecule has 0 heterocycles. The van der Waals surface area contributed by atoms with Gasteiger partial charge in [-0.1, -0.05) is 48.9 Å². The van der Waals surface area contributed by atoms with Gasteiger partial charge in [0.1, 0.15) is 0 Å². The van der Waals surface area contributed by atoms with Crippen molar-refractivity contribution < 1.29 is 0 Å². The van der Waals surface area contributed by atoms with Gasteiger partial charge >= 0.3 is 0 Å². The van der Waals surface area contributed by atoms with Gasteiger partial charge in [-0.3, -0.25) is 0 Å². The van der Waals surface area contributed by atoms with Crippen LogP contribution in [0.25, 0.3) is 10.8 Å². The highest BCUT2D eigenvalue weighted by atomic mass is 14.5. The molecule has 3 aliphatic carbocycles. The van der Waals surface area contributed by atoms with Crippen LogP contribution in [-0.4, -0.2) is 0 Å². The first-order chi connectivity index (χ1) is 10.8. The Kier molecular flexibility index (Phi) is 2.63. The van der Waals surface area contributed by atoms with E-state index in [4.69, 9.17) is 0 Å². The van der Waals surface area contributed by atoms with Crippen LogP contribution in [0.15, 0.2) is 42.0 Å². The van der Waals surface area contributed by atoms with Crippen LogP contribution in [0, 0.1) is 5.92 Å². The van der Waals surface area contributed by atoms with E-state index in [2.05, 4.69) is 43.3 Å². The Hall–Kier alpha value is -1.56. The number of aryl methyl sites for hydroxylation is 2. The van der Waals surface area contributed by atoms with E-state index in [9.17, 15) is 0 Å². The molecule has 0 N–H and O–H groups in total. The third-order valence-corrected chi connectivity index (χ3v) is 6.70. The number of benzene rings is 2. The van der Waals surface area contributed by atoms with Gasteiger partial charge in [0.25, 0.3) is 0 Å². The van der Waals surface area contributed by atoms with Crippen molar-refractivity contribution in [2.45, 2.75) is 57.3 Å². The summed E-state index contributed by atoms with van der Waals surface area (Å²) in [7, 11) is 0. The minimum Gasteiger partial charge on any atom is -0.0850 e. The second-order valence-electron chi connectivity index (χ2n) is 7.69. The average Bonchev–Trinajstić information content (AvgIpc) is 3.14. The lowest BCUT2D eigenvalue weighted by Crippen LogP contribution is -2.35. The van der Waals surface area contributed by atoms with Crippen LogP contribution >= 0.6 is 0 Å². The van der Waals surface area contributed by atoms with E-state index in [-0.39, 0.29) is 0 Å². The van der Waals surface area contributed by atoms with Crippen LogP contribution in [-0.2, 0) is 18.3 Å². The van der Waals surface area contributed by atoms with Crippen LogP contribution in [0.4, 0.5) is 0 Å². The molecule has 0 nitrogen and oxygen atoms in total. The molecule has 5 rings (SSSR count). The molecule has 0 amide bonds. The monoisotopic (exact) mass is 288 g/mol. The summed E-state index contributed by atoms with van der Waals surface area (Å²) in [5, 5.41) is 2.97. The summed E-state index contributed by atoms with van der Waals surface area (Å²) in [5.41, 5.74) is 7.13. The zero-order valence-corrected chi connectivity index (χ0v) is 13.5. The van der Waals surface area contributed by atoms with E-state index in [0.29, 0.717) is 5.41 Å². The maximum atomic E-state index is 2.57. The van der Waals surface area contributed by atoms with Crippen molar-refractivity contribution in [2.24, 2.45) is 5.92 Å². The van der Waals surface area contributed by atoms with Crippen molar-refractivity contribution in [3.63, 3.8) is 0 Å². The zero-order chi connectivity index (χ0) is 14.7. The second kappa shape index (κ2) is 4.47. The average molecular weight is 288 g/mol. The third-order valence-electron chi connectivity index (χ3n) is 6.70. The van der Waals surface area contributed by atoms with Gasteiger partial charge in [0, 0.05) is 5.41 Å². The highest BCUT2D eigenvalue weighted by Gasteiger charge is 2.49. The Bertz CT molecular complexity index is 795. The molecule has 22 heavy (non-hydrogen) atoms. The Morgan fingerprint density at radius 1 is 1.23 bits per heavy atom. The first-order valence-electron chi connectivity index (χ1n) is 9.03. The van der Waals surface area contributed by atoms with Gasteiger partial charge in [-0.05, 0) is 78.3 Å². The van der Waals surface area contributed by atoms with Crippen LogP contribution in [0.3, 0.4) is 0 Å². The van der Waals surface area contributed by atoms with Crippen molar-refractivity contribution in [1.29, 1.82) is 0 Å². The quantitative estimate of drug-likeness (QED) is 0.589. The molecule has 2 bridgehead atoms. The van der Waals surface area contributed by atoms with Gasteiger partial charge < -0.3 is 0 Å². The Balaban J connectivity index is 1.75. The van der Waals surface area contributed by atoms with E-state index >= 15 is 0 Å². The Morgan fingerprint density at radius 2 is 2.18 bits per heavy atom. The number of rotatable bonds is 1. The van der Waals surface area contributed by atoms with Gasteiger partial charge in [-0.25, -0.2) is 0 Å². The zero-order valence-electron chi connectivity index (χ0n) is 13.5. The minimum absolute atomic E-state index is 0.494. The van der Waals surface area contributed by atoms with Gasteiger partial charge in [0.2, 0.25) is 0 Å². The first kappa shape index (κ1) is 12.9. The van der Waals surface area contributed by atoms with E-state index in [0.717, 1.165) is 12.3 Å². The summed E-state index contributed by atoms with van der Waals surface area (Å²) >= 11 is 0. The fraction of sp³-hybridized carbons (Fsp3) is 0.455. The Labute approximate surface area is 133 Å². The summed E-state index contributed by atoms with van der Waals surface area (Å²) in [6.07, 6.45) is 11.8. The van der Waals surface area contributed by atoms with Gasteiger partial charge in [0.05, 0.1) is 0 Å². The van der Waals surface area contributed by atoms with Crippen molar-refractivity contribution in [3.8, 4) is 0 Å². The topological polar surface area (TPSA) is 0 Å². The largest absolute Gasteiger partial charge is 0.0850 e. The molecule has 2 aromatic rings. The predicted octanol–water partition coefficient (Wildman–Crippen LogP) is 5.72. The van der Waals surface area contributed by atoms with Crippen LogP contribution in [0.5, 0.6) is 0 Å². The lowest BCUT2D eigenvalue weighted by atomic mass is 9.62. The van der Waals surface area contributed by atoms with Gasteiger partial charge in [-0.2, -0.15) is 0 Å². The van der Waals surface area contributed by atoms with Crippen LogP contribution < -0.4 is 0 Å². The summed E-state index contributed by atoms with van der Waals surface area (Å²) in [6.45, 7) is 2.28. The van der Waals surface area contributed by atoms with E-state index in [1.165, 1.54) is 54.9 Å². The molecule has 2 unspecified atom stereocenters. The third kappa shape index (κ3) is 1.59. The Morgan fingerprint density at radius 3 is 2.95 bits per heavy atom. The maximum absolute atomic E-state index is 2.57. The van der Waals surface area contributed by atoms with Crippen LogP contribution in [0.2, 0.25) is 0 Å². The predicted molar refractivity (Wildman–Crippen MR) is 93.4 cm³/mol. The lowest BCUT2D eigenvalue weighted by molar-refractivity contribution is 0.270. The lowest BCUT2D eigenvalue weighted by Gasteiger charge is -2.42. The molecule has 1 fully saturated rings. The molecule has 1 saturated carbocycles. The molecule has 0 radical (unpaired) electrons. The highest BCUT2D eigenvalue weighted by molar-refractivity contribution is 5.87. The second-order valence-corrected chi connectivity index (χ2v) is 7.69. The standard InChI is InChI=1S/C22H24/c1-2-16-5-3-6-17-13-21-18(12-20(16)17)7-4-10-22(21)14-15-8-9-19(22)11-15/h3,5-6,8,12-13,19H,2,4,7,9-11,14H2,1H3. The smallest absolute Gasteiger partial charge is 0.00274 e.